The second kappa shape index (κ2) is 11.2. The minimum atomic E-state index is 0.293. The van der Waals surface area contributed by atoms with Gasteiger partial charge < -0.3 is 4.90 Å². The quantitative estimate of drug-likeness (QED) is 0.326. The number of nitrogens with zero attached hydrogens (tertiary/aromatic N) is 1. The minimum absolute atomic E-state index is 0.293. The third-order valence-corrected chi connectivity index (χ3v) is 5.25. The van der Waals surface area contributed by atoms with E-state index in [0.717, 1.165) is 25.2 Å². The van der Waals surface area contributed by atoms with Gasteiger partial charge in [-0.2, -0.15) is 0 Å². The Labute approximate surface area is 166 Å². The van der Waals surface area contributed by atoms with Crippen molar-refractivity contribution in [2.75, 3.05) is 30.6 Å². The van der Waals surface area contributed by atoms with Gasteiger partial charge in [-0.25, -0.2) is 0 Å². The summed E-state index contributed by atoms with van der Waals surface area (Å²) in [5.74, 6) is 0. The molecule has 0 spiro atoms. The molecule has 0 amide bonds. The van der Waals surface area contributed by atoms with E-state index in [2.05, 4.69) is 73.6 Å². The molecule has 150 valence electrons. The van der Waals surface area contributed by atoms with E-state index in [1.165, 1.54) is 49.8 Å². The van der Waals surface area contributed by atoms with Crippen LogP contribution in [-0.2, 0) is 4.84 Å². The molecule has 0 aromatic heterocycles. The highest BCUT2D eigenvalue weighted by atomic mass is 16.6. The van der Waals surface area contributed by atoms with Gasteiger partial charge >= 0.3 is 0 Å². The average Bonchev–Trinajstić information content (AvgIpc) is 2.66. The van der Waals surface area contributed by atoms with Crippen LogP contribution in [-0.4, -0.2) is 20.2 Å². The van der Waals surface area contributed by atoms with Crippen LogP contribution in [0.4, 0.5) is 11.4 Å². The van der Waals surface area contributed by atoms with Crippen molar-refractivity contribution < 1.29 is 4.84 Å². The van der Waals surface area contributed by atoms with E-state index in [-0.39, 0.29) is 0 Å². The second-order valence-corrected chi connectivity index (χ2v) is 8.35. The molecule has 0 bridgehead atoms. The molecule has 1 N–H and O–H groups in total. The summed E-state index contributed by atoms with van der Waals surface area (Å²) in [6.07, 6.45) is 16.2. The molecule has 1 aliphatic rings. The summed E-state index contributed by atoms with van der Waals surface area (Å²) in [6.45, 7) is 8.96. The van der Waals surface area contributed by atoms with Crippen LogP contribution in [0.5, 0.6) is 0 Å². The topological polar surface area (TPSA) is 24.5 Å². The zero-order valence-corrected chi connectivity index (χ0v) is 17.8. The van der Waals surface area contributed by atoms with Crippen molar-refractivity contribution in [3.05, 3.63) is 48.1 Å². The Morgan fingerprint density at radius 3 is 2.37 bits per heavy atom. The lowest BCUT2D eigenvalue weighted by molar-refractivity contribution is 0.271. The van der Waals surface area contributed by atoms with Crippen molar-refractivity contribution in [2.45, 2.75) is 65.7 Å². The summed E-state index contributed by atoms with van der Waals surface area (Å²) in [7, 11) is 1.64. The summed E-state index contributed by atoms with van der Waals surface area (Å²) in [6, 6.07) is 8.55. The fourth-order valence-corrected chi connectivity index (χ4v) is 3.44. The summed E-state index contributed by atoms with van der Waals surface area (Å²) in [5, 5.41) is 0. The third-order valence-electron chi connectivity index (χ3n) is 5.25. The van der Waals surface area contributed by atoms with Gasteiger partial charge in [0, 0.05) is 18.8 Å². The number of rotatable bonds is 12. The van der Waals surface area contributed by atoms with Gasteiger partial charge in [0.05, 0.1) is 12.8 Å². The molecule has 0 atom stereocenters. The van der Waals surface area contributed by atoms with Crippen LogP contribution in [0.1, 0.15) is 65.7 Å². The zero-order chi connectivity index (χ0) is 19.5. The first-order chi connectivity index (χ1) is 13.0. The van der Waals surface area contributed by atoms with Gasteiger partial charge in [0.25, 0.3) is 0 Å². The Morgan fingerprint density at radius 1 is 1.04 bits per heavy atom. The molecule has 3 heteroatoms. The maximum absolute atomic E-state index is 5.00. The molecule has 0 aliphatic heterocycles. The standard InChI is InChI=1S/C24H38N2O/c1-5-6-7-8-9-10-19-26(20-21-15-17-24(2,3)18-16-21)23-13-11-22(12-14-23)25-27-4/h11-17,25H,5-10,18-20H2,1-4H3. The number of benzene rings is 1. The number of anilines is 2. The highest BCUT2D eigenvalue weighted by molar-refractivity contribution is 5.55. The lowest BCUT2D eigenvalue weighted by Crippen LogP contribution is -2.27. The van der Waals surface area contributed by atoms with E-state index in [9.17, 15) is 0 Å². The first kappa shape index (κ1) is 21.6. The molecule has 0 saturated heterocycles. The maximum atomic E-state index is 5.00. The van der Waals surface area contributed by atoms with Gasteiger partial charge in [0.2, 0.25) is 0 Å². The largest absolute Gasteiger partial charge is 0.367 e. The van der Waals surface area contributed by atoms with E-state index in [4.69, 9.17) is 4.84 Å². The molecular weight excluding hydrogens is 332 g/mol. The Kier molecular flexibility index (Phi) is 8.93. The number of hydrogen-bond acceptors (Lipinski definition) is 3. The normalized spacial score (nSPS) is 15.5. The maximum Gasteiger partial charge on any atom is 0.0636 e. The summed E-state index contributed by atoms with van der Waals surface area (Å²) < 4.78 is 0. The molecule has 1 aromatic rings. The van der Waals surface area contributed by atoms with Gasteiger partial charge in [0.15, 0.2) is 0 Å². The molecule has 3 nitrogen and oxygen atoms in total. The molecule has 0 radical (unpaired) electrons. The first-order valence-electron chi connectivity index (χ1n) is 10.6. The smallest absolute Gasteiger partial charge is 0.0636 e. The Hall–Kier alpha value is -1.74. The average molecular weight is 371 g/mol. The Bertz CT molecular complexity index is 601. The number of hydrogen-bond donors (Lipinski definition) is 1. The Balaban J connectivity index is 1.97. The van der Waals surface area contributed by atoms with Gasteiger partial charge in [0.1, 0.15) is 0 Å². The molecular formula is C24H38N2O. The molecule has 1 aliphatic carbocycles. The predicted molar refractivity (Wildman–Crippen MR) is 118 cm³/mol. The SMILES string of the molecule is CCCCCCCCN(CC1=CCC(C)(C)C=C1)c1ccc(NOC)cc1. The fraction of sp³-hybridized carbons (Fsp3) is 0.583. The van der Waals surface area contributed by atoms with Crippen LogP contribution in [0.2, 0.25) is 0 Å². The van der Waals surface area contributed by atoms with Crippen LogP contribution in [0.15, 0.2) is 48.1 Å². The van der Waals surface area contributed by atoms with Crippen LogP contribution in [0.25, 0.3) is 0 Å². The van der Waals surface area contributed by atoms with E-state index < -0.39 is 0 Å². The van der Waals surface area contributed by atoms with Gasteiger partial charge in [-0.15, -0.1) is 0 Å². The van der Waals surface area contributed by atoms with E-state index in [1.807, 2.05) is 0 Å². The zero-order valence-electron chi connectivity index (χ0n) is 17.8. The minimum Gasteiger partial charge on any atom is -0.367 e. The molecule has 1 aromatic carbocycles. The molecule has 0 unspecified atom stereocenters. The molecule has 2 rings (SSSR count). The summed E-state index contributed by atoms with van der Waals surface area (Å²) >= 11 is 0. The highest BCUT2D eigenvalue weighted by Gasteiger charge is 2.17. The van der Waals surface area contributed by atoms with E-state index >= 15 is 0 Å². The van der Waals surface area contributed by atoms with E-state index in [1.54, 1.807) is 7.11 Å². The fourth-order valence-electron chi connectivity index (χ4n) is 3.44. The number of nitrogens with one attached hydrogen (secondary N) is 1. The lowest BCUT2D eigenvalue weighted by Gasteiger charge is -2.29. The van der Waals surface area contributed by atoms with Crippen molar-refractivity contribution >= 4 is 11.4 Å². The monoisotopic (exact) mass is 370 g/mol. The number of unbranched alkanes of at least 4 members (excludes halogenated alkanes) is 5. The number of allylic oxidation sites excluding steroid dienone is 2. The molecule has 27 heavy (non-hydrogen) atoms. The van der Waals surface area contributed by atoms with Crippen LogP contribution < -0.4 is 10.4 Å². The van der Waals surface area contributed by atoms with Crippen molar-refractivity contribution in [2.24, 2.45) is 5.41 Å². The summed E-state index contributed by atoms with van der Waals surface area (Å²) in [4.78, 5) is 7.52. The summed E-state index contributed by atoms with van der Waals surface area (Å²) in [5.41, 5.74) is 6.88. The van der Waals surface area contributed by atoms with Crippen LogP contribution >= 0.6 is 0 Å². The molecule has 0 fully saturated rings. The predicted octanol–water partition coefficient (Wildman–Crippen LogP) is 6.74. The van der Waals surface area contributed by atoms with E-state index in [0.29, 0.717) is 5.41 Å². The molecule has 0 saturated carbocycles. The van der Waals surface area contributed by atoms with Crippen molar-refractivity contribution in [3.63, 3.8) is 0 Å². The molecule has 0 heterocycles. The third kappa shape index (κ3) is 7.80. The van der Waals surface area contributed by atoms with Gasteiger partial charge in [-0.1, -0.05) is 71.1 Å². The van der Waals surface area contributed by atoms with Gasteiger partial charge in [-0.05, 0) is 48.1 Å². The van der Waals surface area contributed by atoms with Crippen molar-refractivity contribution in [1.82, 2.24) is 0 Å². The van der Waals surface area contributed by atoms with Gasteiger partial charge in [-0.3, -0.25) is 10.3 Å². The first-order valence-corrected chi connectivity index (χ1v) is 10.6. The highest BCUT2D eigenvalue weighted by Crippen LogP contribution is 2.29. The second-order valence-electron chi connectivity index (χ2n) is 8.35. The van der Waals surface area contributed by atoms with Crippen molar-refractivity contribution in [3.8, 4) is 0 Å². The van der Waals surface area contributed by atoms with Crippen LogP contribution in [0.3, 0.4) is 0 Å². The Morgan fingerprint density at radius 2 is 1.74 bits per heavy atom. The van der Waals surface area contributed by atoms with Crippen LogP contribution in [0, 0.1) is 5.41 Å². The van der Waals surface area contributed by atoms with Crippen molar-refractivity contribution in [1.29, 1.82) is 0 Å². The lowest BCUT2D eigenvalue weighted by atomic mass is 9.84.